The average Bonchev–Trinajstić information content (AvgIpc) is 3.00. The van der Waals surface area contributed by atoms with E-state index in [0.717, 1.165) is 0 Å². The van der Waals surface area contributed by atoms with Crippen LogP contribution in [0.5, 0.6) is 0 Å². The van der Waals surface area contributed by atoms with Crippen LogP contribution in [0.15, 0.2) is 36.4 Å². The fraction of sp³-hybridized carbons (Fsp3) is 0.316. The Hall–Kier alpha value is -2.26. The van der Waals surface area contributed by atoms with Crippen molar-refractivity contribution in [1.29, 1.82) is 0 Å². The summed E-state index contributed by atoms with van der Waals surface area (Å²) in [6.45, 7) is -0.590. The van der Waals surface area contributed by atoms with Crippen LogP contribution >= 0.6 is 23.2 Å². The summed E-state index contributed by atoms with van der Waals surface area (Å²) in [6.07, 6.45) is 0.0583. The molecule has 2 heterocycles. The zero-order valence-corrected chi connectivity index (χ0v) is 16.4. The highest BCUT2D eigenvalue weighted by Gasteiger charge is 2.64. The fourth-order valence-corrected chi connectivity index (χ4v) is 4.82. The third-order valence-electron chi connectivity index (χ3n) is 5.68. The summed E-state index contributed by atoms with van der Waals surface area (Å²) in [5.41, 5.74) is -0.410. The van der Waals surface area contributed by atoms with Crippen molar-refractivity contribution in [1.82, 2.24) is 5.32 Å². The number of aliphatic hydroxyl groups excluding tert-OH is 1. The predicted octanol–water partition coefficient (Wildman–Crippen LogP) is 2.76. The van der Waals surface area contributed by atoms with Gasteiger partial charge in [-0.05, 0) is 23.8 Å². The Morgan fingerprint density at radius 2 is 2.07 bits per heavy atom. The van der Waals surface area contributed by atoms with Gasteiger partial charge in [0.2, 0.25) is 11.9 Å². The van der Waals surface area contributed by atoms with Gasteiger partial charge < -0.3 is 10.4 Å². The summed E-state index contributed by atoms with van der Waals surface area (Å²) >= 11 is 11.9. The molecule has 1 fully saturated rings. The number of benzene rings is 2. The van der Waals surface area contributed by atoms with Crippen LogP contribution in [-0.2, 0) is 11.2 Å². The fourth-order valence-electron chi connectivity index (χ4n) is 4.46. The van der Waals surface area contributed by atoms with Crippen LogP contribution in [0.4, 0.5) is 10.1 Å². The van der Waals surface area contributed by atoms with Gasteiger partial charge in [-0.1, -0.05) is 41.4 Å². The Morgan fingerprint density at radius 1 is 1.31 bits per heavy atom. The van der Waals surface area contributed by atoms with Crippen molar-refractivity contribution in [3.8, 4) is 0 Å². The molecule has 152 valence electrons. The van der Waals surface area contributed by atoms with Crippen LogP contribution in [0.2, 0.25) is 10.0 Å². The molecule has 10 heteroatoms. The van der Waals surface area contributed by atoms with E-state index >= 15 is 0 Å². The smallest absolute Gasteiger partial charge is 0.245 e. The molecule has 3 N–H and O–H groups in total. The highest BCUT2D eigenvalue weighted by Crippen LogP contribution is 2.47. The maximum Gasteiger partial charge on any atom is 0.245 e. The second-order valence-electron chi connectivity index (χ2n) is 7.23. The molecule has 1 unspecified atom stereocenters. The van der Waals surface area contributed by atoms with E-state index in [1.54, 1.807) is 18.2 Å². The number of nitrogens with zero attached hydrogens (tertiary/aromatic N) is 1. The lowest BCUT2D eigenvalue weighted by atomic mass is 9.72. The van der Waals surface area contributed by atoms with Gasteiger partial charge in [-0.2, -0.15) is 0 Å². The second kappa shape index (κ2) is 7.21. The Bertz CT molecular complexity index is 1020. The number of hydrogen-bond acceptors (Lipinski definition) is 5. The van der Waals surface area contributed by atoms with Crippen LogP contribution in [0, 0.1) is 15.9 Å². The molecule has 0 aliphatic carbocycles. The molecule has 1 saturated heterocycles. The minimum Gasteiger partial charge on any atom is -0.394 e. The number of halogens is 3. The van der Waals surface area contributed by atoms with Crippen molar-refractivity contribution in [2.75, 3.05) is 11.9 Å². The summed E-state index contributed by atoms with van der Waals surface area (Å²) in [6, 6.07) is 6.64. The molecule has 0 aromatic heterocycles. The van der Waals surface area contributed by atoms with E-state index in [-0.39, 0.29) is 17.0 Å². The lowest BCUT2D eigenvalue weighted by Gasteiger charge is -2.38. The highest BCUT2D eigenvalue weighted by molar-refractivity contribution is 6.31. The van der Waals surface area contributed by atoms with E-state index < -0.39 is 46.8 Å². The molecular formula is C19H16Cl2FN3O4. The lowest BCUT2D eigenvalue weighted by Crippen LogP contribution is -2.59. The lowest BCUT2D eigenvalue weighted by molar-refractivity contribution is -0.527. The highest BCUT2D eigenvalue weighted by atomic mass is 35.5. The van der Waals surface area contributed by atoms with Crippen molar-refractivity contribution >= 4 is 34.8 Å². The van der Waals surface area contributed by atoms with Crippen molar-refractivity contribution in [2.45, 2.75) is 30.0 Å². The number of amides is 1. The van der Waals surface area contributed by atoms with E-state index in [2.05, 4.69) is 10.6 Å². The topological polar surface area (TPSA) is 104 Å². The van der Waals surface area contributed by atoms with E-state index in [4.69, 9.17) is 23.2 Å². The molecule has 2 aliphatic heterocycles. The van der Waals surface area contributed by atoms with Gasteiger partial charge in [-0.3, -0.25) is 20.2 Å². The first-order valence-corrected chi connectivity index (χ1v) is 9.60. The summed E-state index contributed by atoms with van der Waals surface area (Å²) in [7, 11) is 0. The first-order chi connectivity index (χ1) is 13.8. The van der Waals surface area contributed by atoms with Crippen molar-refractivity contribution in [3.63, 3.8) is 0 Å². The van der Waals surface area contributed by atoms with Gasteiger partial charge in [-0.15, -0.1) is 0 Å². The Balaban J connectivity index is 1.92. The molecule has 7 nitrogen and oxygen atoms in total. The molecular weight excluding hydrogens is 424 g/mol. The predicted molar refractivity (Wildman–Crippen MR) is 105 cm³/mol. The SMILES string of the molecule is O=C1Nc2cc(Cl)ccc2C[C@]12N[C@@H](CO)C([N+](=O)[O-])[C@@H]2c1cccc(Cl)c1F. The minimum atomic E-state index is -1.54. The van der Waals surface area contributed by atoms with E-state index in [0.29, 0.717) is 16.3 Å². The number of aliphatic hydroxyl groups is 1. The summed E-state index contributed by atoms with van der Waals surface area (Å²) in [4.78, 5) is 24.6. The number of carbonyl (C=O) groups is 1. The quantitative estimate of drug-likeness (QED) is 0.503. The second-order valence-corrected chi connectivity index (χ2v) is 8.08. The normalized spacial score (nSPS) is 28.3. The molecule has 29 heavy (non-hydrogen) atoms. The van der Waals surface area contributed by atoms with Gasteiger partial charge >= 0.3 is 0 Å². The Morgan fingerprint density at radius 3 is 2.76 bits per heavy atom. The average molecular weight is 440 g/mol. The first-order valence-electron chi connectivity index (χ1n) is 8.84. The Labute approximate surface area is 175 Å². The number of fused-ring (bicyclic) bond motifs is 1. The minimum absolute atomic E-state index is 0.0461. The number of nitro groups is 1. The van der Waals surface area contributed by atoms with E-state index in [9.17, 15) is 24.4 Å². The van der Waals surface area contributed by atoms with Gasteiger partial charge in [-0.25, -0.2) is 4.39 Å². The zero-order chi connectivity index (χ0) is 20.9. The maximum atomic E-state index is 14.9. The van der Waals surface area contributed by atoms with Crippen LogP contribution in [0.1, 0.15) is 17.0 Å². The number of hydrogen-bond donors (Lipinski definition) is 3. The number of anilines is 1. The molecule has 4 rings (SSSR count). The molecule has 2 aromatic carbocycles. The zero-order valence-electron chi connectivity index (χ0n) is 14.9. The Kier molecular flexibility index (Phi) is 4.98. The van der Waals surface area contributed by atoms with Gasteiger partial charge in [0.05, 0.1) is 23.6 Å². The van der Waals surface area contributed by atoms with Crippen LogP contribution in [0.25, 0.3) is 0 Å². The largest absolute Gasteiger partial charge is 0.394 e. The monoisotopic (exact) mass is 439 g/mol. The first kappa shape index (κ1) is 20.0. The third-order valence-corrected chi connectivity index (χ3v) is 6.21. The van der Waals surface area contributed by atoms with Gasteiger partial charge in [0.25, 0.3) is 0 Å². The molecule has 2 aromatic rings. The number of nitrogens with one attached hydrogen (secondary N) is 2. The molecule has 1 amide bonds. The van der Waals surface area contributed by atoms with Crippen LogP contribution in [-0.4, -0.2) is 40.2 Å². The summed E-state index contributed by atoms with van der Waals surface area (Å²) in [5.74, 6) is -2.57. The van der Waals surface area contributed by atoms with Gasteiger partial charge in [0, 0.05) is 27.6 Å². The van der Waals surface area contributed by atoms with Crippen molar-refractivity contribution in [2.24, 2.45) is 0 Å². The summed E-state index contributed by atoms with van der Waals surface area (Å²) < 4.78 is 14.9. The third kappa shape index (κ3) is 3.07. The molecule has 0 saturated carbocycles. The molecule has 4 atom stereocenters. The molecule has 0 bridgehead atoms. The van der Waals surface area contributed by atoms with Crippen LogP contribution in [0.3, 0.4) is 0 Å². The van der Waals surface area contributed by atoms with Crippen molar-refractivity contribution in [3.05, 3.63) is 73.5 Å². The maximum absolute atomic E-state index is 14.9. The number of carbonyl (C=O) groups excluding carboxylic acids is 1. The molecule has 2 aliphatic rings. The molecule has 1 spiro atoms. The van der Waals surface area contributed by atoms with Gasteiger partial charge in [0.15, 0.2) is 0 Å². The molecule has 0 radical (unpaired) electrons. The summed E-state index contributed by atoms with van der Waals surface area (Å²) in [5, 5.41) is 27.6. The van der Waals surface area contributed by atoms with Gasteiger partial charge in [0.1, 0.15) is 11.4 Å². The standard InChI is InChI=1S/C19H16Cl2FN3O4/c20-10-5-4-9-7-19(18(27)23-13(9)6-10)15(11-2-1-3-12(21)16(11)22)17(25(28)29)14(8-26)24-19/h1-6,14-15,17,24,26H,7-8H2,(H,23,27)/t14-,15-,17?,19+/m0/s1. The van der Waals surface area contributed by atoms with Crippen LogP contribution < -0.4 is 10.6 Å². The number of rotatable bonds is 3. The van der Waals surface area contributed by atoms with E-state index in [1.165, 1.54) is 18.2 Å². The van der Waals surface area contributed by atoms with E-state index in [1.807, 2.05) is 0 Å². The van der Waals surface area contributed by atoms with Crippen molar-refractivity contribution < 1.29 is 19.2 Å².